The van der Waals surface area contributed by atoms with Gasteiger partial charge in [-0.3, -0.25) is 9.97 Å². The molecule has 0 aliphatic carbocycles. The Kier molecular flexibility index (Phi) is 9.13. The van der Waals surface area contributed by atoms with Gasteiger partial charge < -0.3 is 18.3 Å². The Morgan fingerprint density at radius 3 is 1.01 bits per heavy atom. The van der Waals surface area contributed by atoms with Crippen LogP contribution in [0.25, 0.3) is 144 Å². The van der Waals surface area contributed by atoms with Crippen molar-refractivity contribution in [3.05, 3.63) is 249 Å². The summed E-state index contributed by atoms with van der Waals surface area (Å²) < 4.78 is 9.47. The molecule has 0 atom stereocenters. The van der Waals surface area contributed by atoms with E-state index in [0.717, 1.165) is 127 Å². The number of hydrogen-bond donors (Lipinski definition) is 0. The molecule has 16 aromatic rings. The van der Waals surface area contributed by atoms with Crippen LogP contribution in [0.2, 0.25) is 0 Å². The maximum Gasteiger partial charge on any atom is 0.164 e. The molecule has 0 N–H and O–H groups in total. The molecule has 0 spiro atoms. The number of hydrogen-bond acceptors (Lipinski definition) is 5. The predicted molar refractivity (Wildman–Crippen MR) is 309 cm³/mol. The molecule has 354 valence electrons. The second-order valence-electron chi connectivity index (χ2n) is 19.3. The first kappa shape index (κ1) is 42.0. The van der Waals surface area contributed by atoms with Crippen LogP contribution in [0.4, 0.5) is 0 Å². The van der Waals surface area contributed by atoms with Crippen LogP contribution >= 0.6 is 0 Å². The molecule has 0 unspecified atom stereocenters. The Hall–Kier alpha value is -10.5. The van der Waals surface area contributed by atoms with E-state index >= 15 is 0 Å². The fraction of sp³-hybridized carbons (Fsp3) is 0. The molecular formula is C67H41N9. The zero-order valence-electron chi connectivity index (χ0n) is 40.7. The van der Waals surface area contributed by atoms with Crippen molar-refractivity contribution in [3.63, 3.8) is 0 Å². The van der Waals surface area contributed by atoms with Crippen molar-refractivity contribution in [2.24, 2.45) is 0 Å². The van der Waals surface area contributed by atoms with Crippen molar-refractivity contribution < 1.29 is 0 Å². The zero-order valence-corrected chi connectivity index (χ0v) is 40.7. The largest absolute Gasteiger partial charge is 0.309 e. The first-order chi connectivity index (χ1) is 37.7. The van der Waals surface area contributed by atoms with Crippen molar-refractivity contribution in [3.8, 4) is 56.9 Å². The fourth-order valence-corrected chi connectivity index (χ4v) is 11.8. The highest BCUT2D eigenvalue weighted by Gasteiger charge is 2.22. The summed E-state index contributed by atoms with van der Waals surface area (Å²) in [5, 5.41) is 6.81. The van der Waals surface area contributed by atoms with Gasteiger partial charge in [0.05, 0.1) is 55.2 Å². The van der Waals surface area contributed by atoms with Gasteiger partial charge in [0.25, 0.3) is 0 Å². The minimum Gasteiger partial charge on any atom is -0.309 e. The number of nitrogens with zero attached hydrogens (tertiary/aromatic N) is 9. The summed E-state index contributed by atoms with van der Waals surface area (Å²) in [4.78, 5) is 25.4. The number of benzene rings is 9. The molecule has 16 rings (SSSR count). The molecule has 0 fully saturated rings. The number of pyridine rings is 2. The van der Waals surface area contributed by atoms with E-state index in [9.17, 15) is 0 Å². The van der Waals surface area contributed by atoms with Crippen LogP contribution in [-0.4, -0.2) is 43.2 Å². The molecule has 0 aliphatic rings. The second kappa shape index (κ2) is 16.5. The highest BCUT2D eigenvalue weighted by molar-refractivity contribution is 6.13. The van der Waals surface area contributed by atoms with Gasteiger partial charge in [-0.2, -0.15) is 0 Å². The minimum atomic E-state index is 0.571. The monoisotopic (exact) mass is 971 g/mol. The number of fused-ring (bicyclic) bond motifs is 12. The van der Waals surface area contributed by atoms with E-state index in [1.807, 2.05) is 60.9 Å². The standard InChI is InChI=1S/C67H41N9/c1-3-17-42(18-4-1)65-70-66(43-19-5-2-6-20-43)72-67(71-65)44-37-47(75-55-25-11-7-21-49(55)53-40-45(31-33-59(53)75)73-57-27-13-9-23-51(57)63-61(73)29-15-35-68-63)39-48(38-44)76-56-26-12-8-22-50(56)54-41-46(32-34-60(54)76)74-58-28-14-10-24-52(58)64-62(74)30-16-36-69-64/h1-41H. The smallest absolute Gasteiger partial charge is 0.164 e. The van der Waals surface area contributed by atoms with Crippen LogP contribution in [-0.2, 0) is 0 Å². The van der Waals surface area contributed by atoms with Crippen molar-refractivity contribution >= 4 is 87.5 Å². The number of rotatable bonds is 7. The number of aromatic nitrogens is 9. The third-order valence-corrected chi connectivity index (χ3v) is 15.1. The molecule has 9 heteroatoms. The fourth-order valence-electron chi connectivity index (χ4n) is 11.8. The van der Waals surface area contributed by atoms with Crippen LogP contribution in [0, 0.1) is 0 Å². The topological polar surface area (TPSA) is 84.2 Å². The van der Waals surface area contributed by atoms with Crippen LogP contribution in [0.15, 0.2) is 249 Å². The lowest BCUT2D eigenvalue weighted by Crippen LogP contribution is -2.03. The Morgan fingerprint density at radius 2 is 0.566 bits per heavy atom. The average molecular weight is 972 g/mol. The van der Waals surface area contributed by atoms with Gasteiger partial charge in [0.2, 0.25) is 0 Å². The molecule has 0 bridgehead atoms. The quantitative estimate of drug-likeness (QED) is 0.159. The van der Waals surface area contributed by atoms with E-state index in [4.69, 9.17) is 24.9 Å². The highest BCUT2D eigenvalue weighted by atomic mass is 15.1. The maximum absolute atomic E-state index is 5.32. The lowest BCUT2D eigenvalue weighted by Gasteiger charge is -2.16. The second-order valence-corrected chi connectivity index (χ2v) is 19.3. The molecule has 0 aliphatic heterocycles. The molecule has 0 saturated heterocycles. The molecule has 0 radical (unpaired) electrons. The Bertz CT molecular complexity index is 4590. The SMILES string of the molecule is c1ccc(-c2nc(-c3ccccc3)nc(-c3cc(-n4c5ccccc5c5cc(-n6c7ccccc7c7ncccc76)ccc54)cc(-n4c5ccccc5c5cc(-n6c7ccccc7c7ncccc76)ccc54)c3)n2)cc1. The van der Waals surface area contributed by atoms with Gasteiger partial charge in [-0.05, 0) is 103 Å². The van der Waals surface area contributed by atoms with E-state index in [2.05, 4.69) is 206 Å². The van der Waals surface area contributed by atoms with Gasteiger partial charge in [0.1, 0.15) is 0 Å². The molecule has 7 aromatic heterocycles. The maximum atomic E-state index is 5.32. The molecule has 0 amide bonds. The molecule has 9 nitrogen and oxygen atoms in total. The van der Waals surface area contributed by atoms with Crippen LogP contribution < -0.4 is 0 Å². The molecular weight excluding hydrogens is 931 g/mol. The Labute approximate surface area is 434 Å². The predicted octanol–water partition coefficient (Wildman–Crippen LogP) is 16.1. The molecule has 0 saturated carbocycles. The van der Waals surface area contributed by atoms with E-state index < -0.39 is 0 Å². The lowest BCUT2D eigenvalue weighted by molar-refractivity contribution is 1.07. The summed E-state index contributed by atoms with van der Waals surface area (Å²) in [6.07, 6.45) is 3.75. The van der Waals surface area contributed by atoms with Gasteiger partial charge in [-0.15, -0.1) is 0 Å². The third-order valence-electron chi connectivity index (χ3n) is 15.1. The van der Waals surface area contributed by atoms with Crippen LogP contribution in [0.5, 0.6) is 0 Å². The van der Waals surface area contributed by atoms with E-state index in [-0.39, 0.29) is 0 Å². The van der Waals surface area contributed by atoms with Gasteiger partial charge in [-0.25, -0.2) is 15.0 Å². The first-order valence-corrected chi connectivity index (χ1v) is 25.5. The zero-order chi connectivity index (χ0) is 49.8. The highest BCUT2D eigenvalue weighted by Crippen LogP contribution is 2.41. The first-order valence-electron chi connectivity index (χ1n) is 25.5. The van der Waals surface area contributed by atoms with Crippen LogP contribution in [0.1, 0.15) is 0 Å². The van der Waals surface area contributed by atoms with Crippen molar-refractivity contribution in [1.82, 2.24) is 43.2 Å². The Balaban J connectivity index is 0.967. The molecule has 76 heavy (non-hydrogen) atoms. The summed E-state index contributed by atoms with van der Waals surface area (Å²) in [5.74, 6) is 1.78. The Morgan fingerprint density at radius 1 is 0.224 bits per heavy atom. The van der Waals surface area contributed by atoms with Gasteiger partial charge >= 0.3 is 0 Å². The van der Waals surface area contributed by atoms with Crippen molar-refractivity contribution in [1.29, 1.82) is 0 Å². The van der Waals surface area contributed by atoms with E-state index in [0.29, 0.717) is 17.5 Å². The minimum absolute atomic E-state index is 0.571. The van der Waals surface area contributed by atoms with E-state index in [1.54, 1.807) is 0 Å². The van der Waals surface area contributed by atoms with E-state index in [1.165, 1.54) is 0 Å². The lowest BCUT2D eigenvalue weighted by atomic mass is 10.1. The van der Waals surface area contributed by atoms with Gasteiger partial charge in [-0.1, -0.05) is 133 Å². The molecule has 9 aromatic carbocycles. The normalized spacial score (nSPS) is 11.9. The van der Waals surface area contributed by atoms with Crippen LogP contribution in [0.3, 0.4) is 0 Å². The summed E-state index contributed by atoms with van der Waals surface area (Å²) in [5.41, 5.74) is 17.4. The average Bonchev–Trinajstić information content (AvgIpc) is 4.36. The number of para-hydroxylation sites is 4. The van der Waals surface area contributed by atoms with Gasteiger partial charge in [0.15, 0.2) is 17.5 Å². The summed E-state index contributed by atoms with van der Waals surface area (Å²) in [6.45, 7) is 0. The third kappa shape index (κ3) is 6.36. The van der Waals surface area contributed by atoms with Gasteiger partial charge in [0, 0.05) is 84.2 Å². The summed E-state index contributed by atoms with van der Waals surface area (Å²) >= 11 is 0. The summed E-state index contributed by atoms with van der Waals surface area (Å²) in [6, 6.07) is 83.7. The van der Waals surface area contributed by atoms with Crippen molar-refractivity contribution in [2.75, 3.05) is 0 Å². The van der Waals surface area contributed by atoms with Crippen molar-refractivity contribution in [2.45, 2.75) is 0 Å². The molecule has 7 heterocycles. The summed E-state index contributed by atoms with van der Waals surface area (Å²) in [7, 11) is 0.